The number of methoxy groups -OCH3 is 1. The number of hydrogen-bond acceptors (Lipinski definition) is 6. The number of nitriles is 1. The third-order valence-electron chi connectivity index (χ3n) is 3.96. The Bertz CT molecular complexity index is 1070. The molecule has 0 radical (unpaired) electrons. The highest BCUT2D eigenvalue weighted by molar-refractivity contribution is 7.14. The first-order valence-electron chi connectivity index (χ1n) is 8.89. The largest absolute Gasteiger partial charge is 0.493 e. The van der Waals surface area contributed by atoms with Crippen molar-refractivity contribution in [2.24, 2.45) is 0 Å². The van der Waals surface area contributed by atoms with Gasteiger partial charge in [0, 0.05) is 10.9 Å². The molecule has 6 nitrogen and oxygen atoms in total. The van der Waals surface area contributed by atoms with Gasteiger partial charge in [0.2, 0.25) is 0 Å². The minimum absolute atomic E-state index is 0.0346. The average molecular weight is 405 g/mol. The smallest absolute Gasteiger partial charge is 0.268 e. The fourth-order valence-electron chi connectivity index (χ4n) is 2.60. The van der Waals surface area contributed by atoms with Gasteiger partial charge in [0.1, 0.15) is 11.6 Å². The molecule has 0 bridgehead atoms. The summed E-state index contributed by atoms with van der Waals surface area (Å²) in [6.45, 7) is 2.39. The maximum absolute atomic E-state index is 12.5. The predicted octanol–water partition coefficient (Wildman–Crippen LogP) is 4.76. The summed E-state index contributed by atoms with van der Waals surface area (Å²) in [6.07, 6.45) is 1.50. The van der Waals surface area contributed by atoms with Crippen LogP contribution in [-0.4, -0.2) is 24.6 Å². The quantitative estimate of drug-likeness (QED) is 0.452. The third-order valence-corrected chi connectivity index (χ3v) is 4.72. The molecule has 7 heteroatoms. The molecular weight excluding hydrogens is 386 g/mol. The summed E-state index contributed by atoms with van der Waals surface area (Å²) < 4.78 is 10.8. The van der Waals surface area contributed by atoms with E-state index in [0.717, 1.165) is 11.3 Å². The first-order valence-corrected chi connectivity index (χ1v) is 9.77. The molecule has 0 saturated heterocycles. The molecule has 1 aromatic heterocycles. The third kappa shape index (κ3) is 5.00. The first-order chi connectivity index (χ1) is 14.1. The van der Waals surface area contributed by atoms with Crippen LogP contribution in [0, 0.1) is 11.3 Å². The molecule has 3 aromatic rings. The number of rotatable bonds is 7. The van der Waals surface area contributed by atoms with Crippen molar-refractivity contribution in [3.8, 4) is 28.8 Å². The van der Waals surface area contributed by atoms with Crippen molar-refractivity contribution < 1.29 is 14.3 Å². The minimum Gasteiger partial charge on any atom is -0.493 e. The molecule has 0 aliphatic carbocycles. The van der Waals surface area contributed by atoms with Gasteiger partial charge in [-0.05, 0) is 30.7 Å². The lowest BCUT2D eigenvalue weighted by molar-refractivity contribution is -0.112. The van der Waals surface area contributed by atoms with E-state index in [1.54, 1.807) is 18.2 Å². The molecule has 2 aromatic carbocycles. The summed E-state index contributed by atoms with van der Waals surface area (Å²) in [5.74, 6) is 0.617. The van der Waals surface area contributed by atoms with Crippen LogP contribution in [0.1, 0.15) is 12.5 Å². The van der Waals surface area contributed by atoms with Crippen molar-refractivity contribution in [2.75, 3.05) is 19.0 Å². The second kappa shape index (κ2) is 9.53. The molecule has 0 atom stereocenters. The molecule has 0 fully saturated rings. The highest BCUT2D eigenvalue weighted by atomic mass is 32.1. The van der Waals surface area contributed by atoms with Crippen LogP contribution in [0.25, 0.3) is 17.3 Å². The summed E-state index contributed by atoms with van der Waals surface area (Å²) in [5, 5.41) is 14.4. The van der Waals surface area contributed by atoms with Gasteiger partial charge in [-0.15, -0.1) is 11.3 Å². The number of nitrogens with one attached hydrogen (secondary N) is 1. The van der Waals surface area contributed by atoms with Crippen molar-refractivity contribution in [1.29, 1.82) is 5.26 Å². The Morgan fingerprint density at radius 3 is 2.72 bits per heavy atom. The van der Waals surface area contributed by atoms with E-state index in [-0.39, 0.29) is 5.57 Å². The van der Waals surface area contributed by atoms with E-state index < -0.39 is 5.91 Å². The van der Waals surface area contributed by atoms with Crippen LogP contribution in [0.15, 0.2) is 59.5 Å². The maximum Gasteiger partial charge on any atom is 0.268 e. The van der Waals surface area contributed by atoms with E-state index in [4.69, 9.17) is 9.47 Å². The number of carbonyl (C=O) groups excluding carboxylic acids is 1. The standard InChI is InChI=1S/C22H19N3O3S/c1-3-28-19-10-9-15(12-20(19)27-2)11-17(13-23)21(26)25-22-24-18(14-29-22)16-7-5-4-6-8-16/h4-12,14H,3H2,1-2H3,(H,24,25,26)/b17-11+. The predicted molar refractivity (Wildman–Crippen MR) is 114 cm³/mol. The number of aromatic nitrogens is 1. The van der Waals surface area contributed by atoms with Gasteiger partial charge in [0.25, 0.3) is 5.91 Å². The van der Waals surface area contributed by atoms with E-state index in [9.17, 15) is 10.1 Å². The highest BCUT2D eigenvalue weighted by Crippen LogP contribution is 2.29. The van der Waals surface area contributed by atoms with E-state index >= 15 is 0 Å². The van der Waals surface area contributed by atoms with Gasteiger partial charge in [-0.1, -0.05) is 36.4 Å². The molecule has 29 heavy (non-hydrogen) atoms. The topological polar surface area (TPSA) is 84.2 Å². The fraction of sp³-hybridized carbons (Fsp3) is 0.136. The van der Waals surface area contributed by atoms with E-state index in [1.807, 2.05) is 48.7 Å². The second-order valence-electron chi connectivity index (χ2n) is 5.87. The van der Waals surface area contributed by atoms with E-state index in [2.05, 4.69) is 10.3 Å². The molecule has 1 N–H and O–H groups in total. The number of benzene rings is 2. The van der Waals surface area contributed by atoms with Crippen LogP contribution < -0.4 is 14.8 Å². The lowest BCUT2D eigenvalue weighted by Crippen LogP contribution is -2.13. The molecule has 0 aliphatic rings. The normalized spacial score (nSPS) is 10.9. The number of amides is 1. The van der Waals surface area contributed by atoms with Crippen LogP contribution in [0.4, 0.5) is 5.13 Å². The Kier molecular flexibility index (Phi) is 6.61. The number of anilines is 1. The Labute approximate surface area is 173 Å². The Balaban J connectivity index is 1.77. The molecule has 3 rings (SSSR count). The van der Waals surface area contributed by atoms with Crippen molar-refractivity contribution in [1.82, 2.24) is 4.98 Å². The van der Waals surface area contributed by atoms with E-state index in [1.165, 1.54) is 24.5 Å². The summed E-state index contributed by atoms with van der Waals surface area (Å²) in [5.41, 5.74) is 2.35. The zero-order valence-corrected chi connectivity index (χ0v) is 16.8. The van der Waals surface area contributed by atoms with Crippen LogP contribution >= 0.6 is 11.3 Å². The molecule has 1 amide bonds. The zero-order chi connectivity index (χ0) is 20.6. The van der Waals surface area contributed by atoms with Crippen molar-refractivity contribution in [3.63, 3.8) is 0 Å². The Morgan fingerprint density at radius 1 is 1.24 bits per heavy atom. The molecular formula is C22H19N3O3S. The molecule has 146 valence electrons. The summed E-state index contributed by atoms with van der Waals surface area (Å²) in [6, 6.07) is 16.8. The summed E-state index contributed by atoms with van der Waals surface area (Å²) in [4.78, 5) is 16.9. The zero-order valence-electron chi connectivity index (χ0n) is 16.0. The van der Waals surface area contributed by atoms with Crippen molar-refractivity contribution in [3.05, 3.63) is 65.0 Å². The summed E-state index contributed by atoms with van der Waals surface area (Å²) in [7, 11) is 1.54. The average Bonchev–Trinajstić information content (AvgIpc) is 3.22. The van der Waals surface area contributed by atoms with Gasteiger partial charge >= 0.3 is 0 Å². The number of carbonyl (C=O) groups is 1. The van der Waals surface area contributed by atoms with Crippen LogP contribution in [0.3, 0.4) is 0 Å². The SMILES string of the molecule is CCOc1ccc(/C=C(\C#N)C(=O)Nc2nc(-c3ccccc3)cs2)cc1OC. The summed E-state index contributed by atoms with van der Waals surface area (Å²) >= 11 is 1.30. The molecule has 0 saturated carbocycles. The van der Waals surface area contributed by atoms with Crippen molar-refractivity contribution >= 4 is 28.5 Å². The maximum atomic E-state index is 12.5. The number of ether oxygens (including phenoxy) is 2. The fourth-order valence-corrected chi connectivity index (χ4v) is 3.32. The molecule has 0 aliphatic heterocycles. The van der Waals surface area contributed by atoms with Gasteiger partial charge in [0.05, 0.1) is 19.4 Å². The van der Waals surface area contributed by atoms with Crippen LogP contribution in [0.2, 0.25) is 0 Å². The second-order valence-corrected chi connectivity index (χ2v) is 6.73. The van der Waals surface area contributed by atoms with Gasteiger partial charge in [-0.3, -0.25) is 10.1 Å². The Morgan fingerprint density at radius 2 is 2.03 bits per heavy atom. The van der Waals surface area contributed by atoms with Gasteiger partial charge < -0.3 is 9.47 Å². The first kappa shape index (κ1) is 20.1. The van der Waals surface area contributed by atoms with E-state index in [0.29, 0.717) is 28.8 Å². The Hall–Kier alpha value is -3.63. The van der Waals surface area contributed by atoms with Crippen LogP contribution in [0.5, 0.6) is 11.5 Å². The molecule has 1 heterocycles. The van der Waals surface area contributed by atoms with Crippen molar-refractivity contribution in [2.45, 2.75) is 6.92 Å². The monoisotopic (exact) mass is 405 g/mol. The minimum atomic E-state index is -0.519. The lowest BCUT2D eigenvalue weighted by atomic mass is 10.1. The lowest BCUT2D eigenvalue weighted by Gasteiger charge is -2.09. The number of hydrogen-bond donors (Lipinski definition) is 1. The van der Waals surface area contributed by atoms with Crippen LogP contribution in [-0.2, 0) is 4.79 Å². The molecule has 0 spiro atoms. The van der Waals surface area contributed by atoms with Gasteiger partial charge in [0.15, 0.2) is 16.6 Å². The molecule has 0 unspecified atom stereocenters. The van der Waals surface area contributed by atoms with Gasteiger partial charge in [-0.2, -0.15) is 5.26 Å². The highest BCUT2D eigenvalue weighted by Gasteiger charge is 2.13. The van der Waals surface area contributed by atoms with Gasteiger partial charge in [-0.25, -0.2) is 4.98 Å². The number of thiazole rings is 1. The number of nitrogens with zero attached hydrogens (tertiary/aromatic N) is 2.